The lowest BCUT2D eigenvalue weighted by Crippen LogP contribution is -2.27. The number of nitrogens with one attached hydrogen (secondary N) is 1. The van der Waals surface area contributed by atoms with Crippen LogP contribution in [0, 0.1) is 0 Å². The predicted molar refractivity (Wildman–Crippen MR) is 105 cm³/mol. The van der Waals surface area contributed by atoms with E-state index in [0.29, 0.717) is 18.8 Å². The average molecular weight is 386 g/mol. The lowest BCUT2D eigenvalue weighted by Gasteiger charge is -2.16. The van der Waals surface area contributed by atoms with E-state index in [1.165, 1.54) is 16.4 Å². The van der Waals surface area contributed by atoms with Gasteiger partial charge in [0.05, 0.1) is 12.0 Å². The Kier molecular flexibility index (Phi) is 5.93. The van der Waals surface area contributed by atoms with Crippen LogP contribution in [-0.4, -0.2) is 38.8 Å². The minimum atomic E-state index is -3.51. The number of rotatable bonds is 6. The Bertz CT molecular complexity index is 931. The van der Waals surface area contributed by atoms with E-state index >= 15 is 0 Å². The zero-order valence-corrected chi connectivity index (χ0v) is 15.9. The first-order valence-corrected chi connectivity index (χ1v) is 10.2. The van der Waals surface area contributed by atoms with Crippen LogP contribution >= 0.6 is 0 Å². The van der Waals surface area contributed by atoms with E-state index in [2.05, 4.69) is 5.32 Å². The van der Waals surface area contributed by atoms with E-state index in [4.69, 9.17) is 4.74 Å². The van der Waals surface area contributed by atoms with Crippen LogP contribution < -0.4 is 10.1 Å². The number of methoxy groups -OCH3 is 1. The van der Waals surface area contributed by atoms with Crippen molar-refractivity contribution in [1.29, 1.82) is 0 Å². The number of anilines is 1. The number of carbonyl (C=O) groups is 1. The third kappa shape index (κ3) is 4.75. The van der Waals surface area contributed by atoms with Crippen molar-refractivity contribution < 1.29 is 17.9 Å². The summed E-state index contributed by atoms with van der Waals surface area (Å²) in [6, 6.07) is 13.6. The van der Waals surface area contributed by atoms with Crippen LogP contribution in [0.5, 0.6) is 5.75 Å². The smallest absolute Gasteiger partial charge is 0.248 e. The lowest BCUT2D eigenvalue weighted by molar-refractivity contribution is -0.111. The van der Waals surface area contributed by atoms with E-state index in [-0.39, 0.29) is 10.8 Å². The Hall–Kier alpha value is -2.64. The quantitative estimate of drug-likeness (QED) is 0.774. The molecule has 27 heavy (non-hydrogen) atoms. The van der Waals surface area contributed by atoms with Gasteiger partial charge in [0.1, 0.15) is 5.75 Å². The standard InChI is InChI=1S/C20H22N2O4S/c1-26-18-10-7-16(8-11-18)9-12-20(23)21-17-5-4-6-19(15-17)27(24,25)22-13-2-3-14-22/h4-12,15H,2-3,13-14H2,1H3,(H,21,23)/b12-9+. The highest BCUT2D eigenvalue weighted by Crippen LogP contribution is 2.23. The van der Waals surface area contributed by atoms with Crippen molar-refractivity contribution in [2.24, 2.45) is 0 Å². The number of nitrogens with zero attached hydrogens (tertiary/aromatic N) is 1. The summed E-state index contributed by atoms with van der Waals surface area (Å²) in [6.07, 6.45) is 4.85. The molecule has 1 aliphatic rings. The van der Waals surface area contributed by atoms with Crippen molar-refractivity contribution in [3.63, 3.8) is 0 Å². The first-order valence-electron chi connectivity index (χ1n) is 8.72. The molecule has 0 aromatic heterocycles. The fourth-order valence-electron chi connectivity index (χ4n) is 2.88. The topological polar surface area (TPSA) is 75.7 Å². The molecule has 1 aliphatic heterocycles. The predicted octanol–water partition coefficient (Wildman–Crippen LogP) is 3.13. The van der Waals surface area contributed by atoms with Gasteiger partial charge >= 0.3 is 0 Å². The number of ether oxygens (including phenoxy) is 1. The SMILES string of the molecule is COc1ccc(/C=C/C(=O)Nc2cccc(S(=O)(=O)N3CCCC3)c2)cc1. The summed E-state index contributed by atoms with van der Waals surface area (Å²) in [6.45, 7) is 1.09. The molecule has 0 aliphatic carbocycles. The van der Waals surface area contributed by atoms with Crippen molar-refractivity contribution in [1.82, 2.24) is 4.31 Å². The minimum absolute atomic E-state index is 0.196. The van der Waals surface area contributed by atoms with Gasteiger partial charge in [-0.25, -0.2) is 8.42 Å². The van der Waals surface area contributed by atoms with Gasteiger partial charge in [0.15, 0.2) is 0 Å². The van der Waals surface area contributed by atoms with Gasteiger partial charge in [-0.3, -0.25) is 4.79 Å². The highest BCUT2D eigenvalue weighted by Gasteiger charge is 2.27. The third-order valence-electron chi connectivity index (χ3n) is 4.35. The molecule has 2 aromatic carbocycles. The van der Waals surface area contributed by atoms with E-state index in [1.54, 1.807) is 31.4 Å². The molecule has 2 aromatic rings. The second-order valence-electron chi connectivity index (χ2n) is 6.23. The highest BCUT2D eigenvalue weighted by atomic mass is 32.2. The molecule has 0 radical (unpaired) electrons. The maximum atomic E-state index is 12.6. The van der Waals surface area contributed by atoms with Crippen molar-refractivity contribution in [2.75, 3.05) is 25.5 Å². The molecule has 1 amide bonds. The number of hydrogen-bond donors (Lipinski definition) is 1. The number of sulfonamides is 1. The number of carbonyl (C=O) groups excluding carboxylic acids is 1. The van der Waals surface area contributed by atoms with Gasteiger partial charge in [-0.15, -0.1) is 0 Å². The molecule has 1 fully saturated rings. The molecule has 1 N–H and O–H groups in total. The lowest BCUT2D eigenvalue weighted by atomic mass is 10.2. The van der Waals surface area contributed by atoms with Gasteiger partial charge in [0.25, 0.3) is 0 Å². The first-order chi connectivity index (χ1) is 13.0. The summed E-state index contributed by atoms with van der Waals surface area (Å²) >= 11 is 0. The van der Waals surface area contributed by atoms with Crippen molar-refractivity contribution in [2.45, 2.75) is 17.7 Å². The third-order valence-corrected chi connectivity index (χ3v) is 6.24. The minimum Gasteiger partial charge on any atom is -0.497 e. The van der Waals surface area contributed by atoms with E-state index in [9.17, 15) is 13.2 Å². The second kappa shape index (κ2) is 8.37. The molecular formula is C20H22N2O4S. The van der Waals surface area contributed by atoms with Crippen LogP contribution in [0.15, 0.2) is 59.5 Å². The maximum absolute atomic E-state index is 12.6. The summed E-state index contributed by atoms with van der Waals surface area (Å²) < 4.78 is 31.8. The van der Waals surface area contributed by atoms with Crippen LogP contribution in [0.4, 0.5) is 5.69 Å². The Morgan fingerprint density at radius 1 is 1.11 bits per heavy atom. The Morgan fingerprint density at radius 3 is 2.48 bits per heavy atom. The molecule has 1 heterocycles. The van der Waals surface area contributed by atoms with Gasteiger partial charge in [0.2, 0.25) is 15.9 Å². The summed E-state index contributed by atoms with van der Waals surface area (Å²) in [5.74, 6) is 0.411. The van der Waals surface area contributed by atoms with Gasteiger partial charge in [-0.05, 0) is 54.8 Å². The summed E-state index contributed by atoms with van der Waals surface area (Å²) in [7, 11) is -1.91. The Labute approximate surface area is 159 Å². The van der Waals surface area contributed by atoms with Gasteiger partial charge in [0, 0.05) is 24.9 Å². The summed E-state index contributed by atoms with van der Waals surface area (Å²) in [5, 5.41) is 2.70. The Morgan fingerprint density at radius 2 is 1.81 bits per heavy atom. The average Bonchev–Trinajstić information content (AvgIpc) is 3.23. The molecule has 0 bridgehead atoms. The molecule has 1 saturated heterocycles. The van der Waals surface area contributed by atoms with Crippen molar-refractivity contribution >= 4 is 27.7 Å². The monoisotopic (exact) mass is 386 g/mol. The first kappa shape index (κ1) is 19.1. The van der Waals surface area contributed by atoms with Crippen molar-refractivity contribution in [3.8, 4) is 5.75 Å². The molecule has 0 atom stereocenters. The summed E-state index contributed by atoms with van der Waals surface area (Å²) in [5.41, 5.74) is 1.30. The van der Waals surface area contributed by atoms with Gasteiger partial charge in [-0.1, -0.05) is 18.2 Å². The molecule has 6 nitrogen and oxygen atoms in total. The second-order valence-corrected chi connectivity index (χ2v) is 8.17. The van der Waals surface area contributed by atoms with E-state index in [1.807, 2.05) is 24.3 Å². The molecule has 142 valence electrons. The fraction of sp³-hybridized carbons (Fsp3) is 0.250. The number of benzene rings is 2. The van der Waals surface area contributed by atoms with Gasteiger partial charge < -0.3 is 10.1 Å². The van der Waals surface area contributed by atoms with Crippen LogP contribution in [-0.2, 0) is 14.8 Å². The fourth-order valence-corrected chi connectivity index (χ4v) is 4.45. The molecule has 0 spiro atoms. The van der Waals surface area contributed by atoms with Gasteiger partial charge in [-0.2, -0.15) is 4.31 Å². The van der Waals surface area contributed by atoms with Crippen LogP contribution in [0.25, 0.3) is 6.08 Å². The molecule has 7 heteroatoms. The zero-order valence-electron chi connectivity index (χ0n) is 15.1. The number of hydrogen-bond acceptors (Lipinski definition) is 4. The number of amides is 1. The molecule has 0 saturated carbocycles. The van der Waals surface area contributed by atoms with Crippen LogP contribution in [0.3, 0.4) is 0 Å². The molecule has 3 rings (SSSR count). The normalized spacial score (nSPS) is 15.1. The molecule has 0 unspecified atom stereocenters. The van der Waals surface area contributed by atoms with Crippen LogP contribution in [0.2, 0.25) is 0 Å². The van der Waals surface area contributed by atoms with Crippen molar-refractivity contribution in [3.05, 3.63) is 60.2 Å². The summed E-state index contributed by atoms with van der Waals surface area (Å²) in [4.78, 5) is 12.3. The zero-order chi connectivity index (χ0) is 19.3. The molecular weight excluding hydrogens is 364 g/mol. The van der Waals surface area contributed by atoms with E-state index in [0.717, 1.165) is 24.2 Å². The van der Waals surface area contributed by atoms with E-state index < -0.39 is 10.0 Å². The Balaban J connectivity index is 1.68. The highest BCUT2D eigenvalue weighted by molar-refractivity contribution is 7.89. The van der Waals surface area contributed by atoms with Crippen LogP contribution in [0.1, 0.15) is 18.4 Å². The maximum Gasteiger partial charge on any atom is 0.248 e. The largest absolute Gasteiger partial charge is 0.497 e.